The summed E-state index contributed by atoms with van der Waals surface area (Å²) in [6, 6.07) is 74.0. The van der Waals surface area contributed by atoms with Crippen molar-refractivity contribution < 1.29 is 46.6 Å². The van der Waals surface area contributed by atoms with E-state index in [4.69, 9.17) is 42.0 Å². The summed E-state index contributed by atoms with van der Waals surface area (Å²) < 4.78 is 75.8. The van der Waals surface area contributed by atoms with E-state index in [2.05, 4.69) is 0 Å². The van der Waals surface area contributed by atoms with Gasteiger partial charge >= 0.3 is 7.82 Å². The number of hydrogen-bond acceptors (Lipinski definition) is 10. The van der Waals surface area contributed by atoms with E-state index in [1.807, 2.05) is 260 Å². The average molecular weight is 1050 g/mol. The average Bonchev–Trinajstić information content (AvgIpc) is 3.48. The minimum Gasteiger partial charge on any atom is -0.486 e. The molecular weight excluding hydrogens is 984 g/mol. The monoisotopic (exact) mass is 1050 g/mol. The lowest BCUT2D eigenvalue weighted by Crippen LogP contribution is -2.15. The van der Waals surface area contributed by atoms with Crippen LogP contribution >= 0.6 is 7.82 Å². The maximum atomic E-state index is 16.4. The minimum absolute atomic E-state index is 0.195. The number of phosphoric acid groups is 1. The van der Waals surface area contributed by atoms with Crippen LogP contribution in [0.5, 0.6) is 51.7 Å². The Morgan fingerprint density at radius 2 is 0.455 bits per heavy atom. The molecule has 9 aromatic carbocycles. The normalized spacial score (nSPS) is 14.2. The topological polar surface area (TPSA) is 100 Å². The molecule has 0 saturated carbocycles. The Morgan fingerprint density at radius 3 is 0.662 bits per heavy atom. The van der Waals surface area contributed by atoms with Crippen LogP contribution in [-0.4, -0.2) is 0 Å². The molecule has 0 saturated heterocycles. The first-order valence-corrected chi connectivity index (χ1v) is 27.3. The lowest BCUT2D eigenvalue weighted by atomic mass is 10.0. The Balaban J connectivity index is 1.16. The third-order valence-corrected chi connectivity index (χ3v) is 14.1. The molecule has 0 fully saturated rings. The molecule has 10 nitrogen and oxygen atoms in total. The van der Waals surface area contributed by atoms with Gasteiger partial charge in [-0.15, -0.1) is 0 Å². The minimum atomic E-state index is -4.87. The van der Waals surface area contributed by atoms with Gasteiger partial charge in [0.05, 0.1) is 0 Å². The van der Waals surface area contributed by atoms with Crippen molar-refractivity contribution in [3.63, 3.8) is 0 Å². The lowest BCUT2D eigenvalue weighted by molar-refractivity contribution is 0.211. The van der Waals surface area contributed by atoms with Crippen molar-refractivity contribution in [3.05, 3.63) is 270 Å². The van der Waals surface area contributed by atoms with E-state index in [1.54, 1.807) is 18.2 Å². The first kappa shape index (κ1) is 53.2. The summed E-state index contributed by atoms with van der Waals surface area (Å²) in [5, 5.41) is 0. The van der Waals surface area contributed by atoms with E-state index in [-0.39, 0.29) is 17.2 Å². The van der Waals surface area contributed by atoms with Crippen LogP contribution in [0.15, 0.2) is 237 Å². The second-order valence-corrected chi connectivity index (χ2v) is 20.0. The van der Waals surface area contributed by atoms with Gasteiger partial charge in [-0.2, -0.15) is 4.57 Å². The van der Waals surface area contributed by atoms with Crippen molar-refractivity contribution in [3.8, 4) is 51.7 Å². The van der Waals surface area contributed by atoms with Crippen molar-refractivity contribution in [2.45, 2.75) is 78.2 Å². The first-order chi connectivity index (χ1) is 37.4. The Bertz CT molecular complexity index is 2960. The van der Waals surface area contributed by atoms with Crippen LogP contribution in [0.3, 0.4) is 0 Å². The van der Waals surface area contributed by atoms with E-state index in [1.165, 1.54) is 0 Å². The molecule has 392 valence electrons. The summed E-state index contributed by atoms with van der Waals surface area (Å²) in [6.07, 6.45) is -3.08. The van der Waals surface area contributed by atoms with Crippen molar-refractivity contribution in [2.24, 2.45) is 0 Å². The zero-order chi connectivity index (χ0) is 53.6. The molecule has 0 heterocycles. The van der Waals surface area contributed by atoms with Crippen LogP contribution in [0.25, 0.3) is 0 Å². The van der Waals surface area contributed by atoms with Crippen LogP contribution in [0.1, 0.15) is 112 Å². The molecule has 0 spiro atoms. The summed E-state index contributed by atoms with van der Waals surface area (Å²) in [7, 11) is -4.87. The molecule has 0 bridgehead atoms. The second kappa shape index (κ2) is 25.3. The molecular formula is C66H63O10P. The van der Waals surface area contributed by atoms with E-state index in [0.29, 0.717) is 51.2 Å². The van der Waals surface area contributed by atoms with Crippen LogP contribution in [0.2, 0.25) is 0 Å². The van der Waals surface area contributed by atoms with E-state index >= 15 is 4.57 Å². The zero-order valence-corrected chi connectivity index (χ0v) is 44.9. The molecule has 9 aromatic rings. The third kappa shape index (κ3) is 14.4. The predicted molar refractivity (Wildman–Crippen MR) is 302 cm³/mol. The molecule has 6 atom stereocenters. The molecule has 0 aliphatic heterocycles. The maximum Gasteiger partial charge on any atom is 0.647 e. The quantitative estimate of drug-likeness (QED) is 0.0544. The molecule has 0 radical (unpaired) electrons. The molecule has 9 rings (SSSR count). The maximum absolute atomic E-state index is 16.4. The SMILES string of the molecule is CC(Oc1ccccc1)c1ccc(OP(=O)(Oc2ccc(C(C)Oc3ccccc3)cc2C(C)Oc2ccccc2)Oc2ccc(C(C)Oc3ccccc3)cc2C(C)Oc2ccccc2)c(C(C)Oc2ccccc2)c1. The Hall–Kier alpha value is -8.59. The van der Waals surface area contributed by atoms with Gasteiger partial charge in [0.15, 0.2) is 0 Å². The van der Waals surface area contributed by atoms with Crippen LogP contribution in [0.4, 0.5) is 0 Å². The highest BCUT2D eigenvalue weighted by molar-refractivity contribution is 7.49. The Morgan fingerprint density at radius 1 is 0.260 bits per heavy atom. The van der Waals surface area contributed by atoms with Crippen molar-refractivity contribution in [2.75, 3.05) is 0 Å². The number of rotatable bonds is 24. The highest BCUT2D eigenvalue weighted by Crippen LogP contribution is 2.54. The van der Waals surface area contributed by atoms with Gasteiger partial charge in [-0.25, -0.2) is 0 Å². The van der Waals surface area contributed by atoms with Gasteiger partial charge in [0.25, 0.3) is 0 Å². The van der Waals surface area contributed by atoms with Gasteiger partial charge in [-0.3, -0.25) is 0 Å². The molecule has 0 aliphatic rings. The first-order valence-electron chi connectivity index (χ1n) is 25.9. The summed E-state index contributed by atoms with van der Waals surface area (Å²) in [6.45, 7) is 11.6. The smallest absolute Gasteiger partial charge is 0.486 e. The predicted octanol–water partition coefficient (Wildman–Crippen LogP) is 18.2. The van der Waals surface area contributed by atoms with Gasteiger partial charge in [-0.1, -0.05) is 127 Å². The number of phosphoric ester groups is 1. The highest BCUT2D eigenvalue weighted by Gasteiger charge is 2.38. The second-order valence-electron chi connectivity index (χ2n) is 18.6. The van der Waals surface area contributed by atoms with Crippen molar-refractivity contribution in [1.29, 1.82) is 0 Å². The molecule has 11 heteroatoms. The van der Waals surface area contributed by atoms with Gasteiger partial charge in [-0.05, 0) is 167 Å². The van der Waals surface area contributed by atoms with Crippen LogP contribution in [-0.2, 0) is 4.57 Å². The number of para-hydroxylation sites is 6. The number of ether oxygens (including phenoxy) is 6. The summed E-state index contributed by atoms with van der Waals surface area (Å²) in [5.74, 6) is 4.61. The molecule has 0 aliphatic carbocycles. The van der Waals surface area contributed by atoms with Gasteiger partial charge in [0.2, 0.25) is 0 Å². The fraction of sp³-hybridized carbons (Fsp3) is 0.182. The Kier molecular flexibility index (Phi) is 17.5. The number of hydrogen-bond donors (Lipinski definition) is 0. The number of benzene rings is 9. The third-order valence-electron chi connectivity index (χ3n) is 12.8. The lowest BCUT2D eigenvalue weighted by Gasteiger charge is -2.27. The summed E-state index contributed by atoms with van der Waals surface area (Å²) in [5.41, 5.74) is 4.16. The molecule has 6 unspecified atom stereocenters. The summed E-state index contributed by atoms with van der Waals surface area (Å²) >= 11 is 0. The summed E-state index contributed by atoms with van der Waals surface area (Å²) in [4.78, 5) is 0. The fourth-order valence-corrected chi connectivity index (χ4v) is 10.0. The van der Waals surface area contributed by atoms with Crippen LogP contribution in [0, 0.1) is 0 Å². The molecule has 0 aromatic heterocycles. The van der Waals surface area contributed by atoms with E-state index in [0.717, 1.165) is 16.7 Å². The van der Waals surface area contributed by atoms with Crippen molar-refractivity contribution in [1.82, 2.24) is 0 Å². The molecule has 0 amide bonds. The zero-order valence-electron chi connectivity index (χ0n) is 44.0. The largest absolute Gasteiger partial charge is 0.647 e. The van der Waals surface area contributed by atoms with E-state index in [9.17, 15) is 0 Å². The standard InChI is InChI=1S/C66H63O10P/c1-46(68-55-25-13-7-14-26-55)52-37-40-64(61(43-52)49(4)71-58-31-19-10-20-32-58)74-77(67,75-65-41-38-53(47(2)69-56-27-15-8-16-28-56)44-62(65)50(5)72-59-33-21-11-22-34-59)76-66-42-39-54(48(3)70-57-29-17-9-18-30-57)45-63(66)51(6)73-60-35-23-12-24-36-60/h7-51H,1-6H3. The van der Waals surface area contributed by atoms with Gasteiger partial charge in [0.1, 0.15) is 88.4 Å². The fourth-order valence-electron chi connectivity index (χ4n) is 8.69. The molecule has 0 N–H and O–H groups in total. The highest BCUT2D eigenvalue weighted by atomic mass is 31.2. The van der Waals surface area contributed by atoms with Gasteiger partial charge in [0, 0.05) is 16.7 Å². The Labute approximate surface area is 452 Å². The van der Waals surface area contributed by atoms with Crippen LogP contribution < -0.4 is 42.0 Å². The van der Waals surface area contributed by atoms with E-state index < -0.39 is 44.4 Å². The molecule has 77 heavy (non-hydrogen) atoms. The van der Waals surface area contributed by atoms with Gasteiger partial charge < -0.3 is 42.0 Å². The van der Waals surface area contributed by atoms with Crippen molar-refractivity contribution >= 4 is 7.82 Å².